The van der Waals surface area contributed by atoms with Crippen molar-refractivity contribution in [1.29, 1.82) is 0 Å². The van der Waals surface area contributed by atoms with Gasteiger partial charge in [-0.2, -0.15) is 0 Å². The molecule has 16 heavy (non-hydrogen) atoms. The fourth-order valence-corrected chi connectivity index (χ4v) is 0.844. The van der Waals surface area contributed by atoms with E-state index >= 15 is 0 Å². The lowest BCUT2D eigenvalue weighted by molar-refractivity contribution is -0.308. The molecule has 0 aromatic rings. The van der Waals surface area contributed by atoms with E-state index in [1.54, 1.807) is 20.8 Å². The van der Waals surface area contributed by atoms with Gasteiger partial charge in [0.1, 0.15) is 5.60 Å². The SMILES string of the molecule is CC(C)(C)OC(=O)N[C@H](CC(N)=O)C(=O)[O-]. The number of primary amides is 1. The lowest BCUT2D eigenvalue weighted by Crippen LogP contribution is -2.50. The van der Waals surface area contributed by atoms with Gasteiger partial charge in [0.25, 0.3) is 0 Å². The molecule has 0 spiro atoms. The van der Waals surface area contributed by atoms with Crippen LogP contribution in [0.2, 0.25) is 0 Å². The molecule has 2 amide bonds. The largest absolute Gasteiger partial charge is 0.548 e. The topological polar surface area (TPSA) is 122 Å². The van der Waals surface area contributed by atoms with Crippen LogP contribution in [-0.2, 0) is 14.3 Å². The second-order valence-electron chi connectivity index (χ2n) is 4.19. The number of carbonyl (C=O) groups is 3. The number of amides is 2. The highest BCUT2D eigenvalue weighted by Crippen LogP contribution is 2.07. The molecule has 0 fully saturated rings. The van der Waals surface area contributed by atoms with Crippen molar-refractivity contribution in [2.75, 3.05) is 0 Å². The van der Waals surface area contributed by atoms with Gasteiger partial charge in [-0.3, -0.25) is 4.79 Å². The molecule has 0 unspecified atom stereocenters. The molecule has 92 valence electrons. The number of rotatable bonds is 4. The van der Waals surface area contributed by atoms with Crippen LogP contribution in [0.3, 0.4) is 0 Å². The number of nitrogens with one attached hydrogen (secondary N) is 1. The summed E-state index contributed by atoms with van der Waals surface area (Å²) in [5.41, 5.74) is 4.06. The third-order valence-electron chi connectivity index (χ3n) is 1.38. The fourth-order valence-electron chi connectivity index (χ4n) is 0.844. The molecule has 0 aromatic heterocycles. The van der Waals surface area contributed by atoms with E-state index < -0.39 is 36.0 Å². The van der Waals surface area contributed by atoms with Gasteiger partial charge in [0.05, 0.1) is 18.4 Å². The molecule has 0 saturated carbocycles. The molecule has 1 atom stereocenters. The summed E-state index contributed by atoms with van der Waals surface area (Å²) in [6.45, 7) is 4.86. The Kier molecular flexibility index (Phi) is 4.74. The highest BCUT2D eigenvalue weighted by Gasteiger charge is 2.21. The van der Waals surface area contributed by atoms with Crippen LogP contribution in [0, 0.1) is 0 Å². The van der Waals surface area contributed by atoms with Crippen molar-refractivity contribution >= 4 is 18.0 Å². The van der Waals surface area contributed by atoms with E-state index in [2.05, 4.69) is 0 Å². The van der Waals surface area contributed by atoms with E-state index in [9.17, 15) is 19.5 Å². The number of aliphatic carboxylic acids is 1. The van der Waals surface area contributed by atoms with Crippen molar-refractivity contribution in [3.05, 3.63) is 0 Å². The molecular weight excluding hydrogens is 216 g/mol. The minimum Gasteiger partial charge on any atom is -0.548 e. The molecule has 7 nitrogen and oxygen atoms in total. The Bertz CT molecular complexity index is 295. The van der Waals surface area contributed by atoms with E-state index in [4.69, 9.17) is 10.5 Å². The van der Waals surface area contributed by atoms with Crippen molar-refractivity contribution in [2.24, 2.45) is 5.73 Å². The molecular formula is C9H15N2O5-. The molecule has 0 bridgehead atoms. The highest BCUT2D eigenvalue weighted by atomic mass is 16.6. The van der Waals surface area contributed by atoms with Gasteiger partial charge in [-0.25, -0.2) is 4.79 Å². The van der Waals surface area contributed by atoms with Gasteiger partial charge in [0.15, 0.2) is 0 Å². The second kappa shape index (κ2) is 5.34. The average Bonchev–Trinajstić information content (AvgIpc) is 1.97. The molecule has 0 heterocycles. The smallest absolute Gasteiger partial charge is 0.408 e. The highest BCUT2D eigenvalue weighted by molar-refractivity contribution is 5.85. The van der Waals surface area contributed by atoms with Crippen LogP contribution in [0.15, 0.2) is 0 Å². The van der Waals surface area contributed by atoms with E-state index in [0.29, 0.717) is 0 Å². The van der Waals surface area contributed by atoms with Crippen LogP contribution in [0.25, 0.3) is 0 Å². The summed E-state index contributed by atoms with van der Waals surface area (Å²) in [6.07, 6.45) is -1.48. The molecule has 0 aliphatic carbocycles. The summed E-state index contributed by atoms with van der Waals surface area (Å²) in [7, 11) is 0. The van der Waals surface area contributed by atoms with Crippen LogP contribution in [-0.4, -0.2) is 29.6 Å². The molecule has 0 aliphatic rings. The molecule has 0 aliphatic heterocycles. The Morgan fingerprint density at radius 1 is 1.38 bits per heavy atom. The summed E-state index contributed by atoms with van der Waals surface area (Å²) in [5, 5.41) is 12.5. The van der Waals surface area contributed by atoms with Gasteiger partial charge in [0.2, 0.25) is 5.91 Å². The number of hydrogen-bond donors (Lipinski definition) is 2. The summed E-state index contributed by atoms with van der Waals surface area (Å²) in [5.74, 6) is -2.45. The maximum atomic E-state index is 11.2. The minimum absolute atomic E-state index is 0.540. The zero-order valence-corrected chi connectivity index (χ0v) is 9.40. The van der Waals surface area contributed by atoms with Crippen molar-refractivity contribution in [3.63, 3.8) is 0 Å². The zero-order valence-electron chi connectivity index (χ0n) is 9.40. The van der Waals surface area contributed by atoms with Crippen LogP contribution >= 0.6 is 0 Å². The lowest BCUT2D eigenvalue weighted by atomic mass is 10.2. The summed E-state index contributed by atoms with van der Waals surface area (Å²) < 4.78 is 4.81. The molecule has 3 N–H and O–H groups in total. The number of nitrogens with two attached hydrogens (primary N) is 1. The Labute approximate surface area is 92.9 Å². The number of carbonyl (C=O) groups excluding carboxylic acids is 3. The van der Waals surface area contributed by atoms with Crippen LogP contribution in [0.1, 0.15) is 27.2 Å². The summed E-state index contributed by atoms with van der Waals surface area (Å²) in [6, 6.07) is -1.48. The van der Waals surface area contributed by atoms with Gasteiger partial charge < -0.3 is 25.7 Å². The van der Waals surface area contributed by atoms with Crippen molar-refractivity contribution in [2.45, 2.75) is 38.8 Å². The summed E-state index contributed by atoms with van der Waals surface area (Å²) in [4.78, 5) is 32.2. The first kappa shape index (κ1) is 14.2. The fraction of sp³-hybridized carbons (Fsp3) is 0.667. The Morgan fingerprint density at radius 3 is 2.19 bits per heavy atom. The number of carboxylic acid groups (broad SMARTS) is 1. The van der Waals surface area contributed by atoms with Crippen LogP contribution in [0.4, 0.5) is 4.79 Å². The Balaban J connectivity index is 4.35. The molecule has 7 heteroatoms. The monoisotopic (exact) mass is 231 g/mol. The van der Waals surface area contributed by atoms with Crippen molar-refractivity contribution in [3.8, 4) is 0 Å². The van der Waals surface area contributed by atoms with Crippen LogP contribution < -0.4 is 16.2 Å². The second-order valence-corrected chi connectivity index (χ2v) is 4.19. The number of hydrogen-bond acceptors (Lipinski definition) is 5. The predicted octanol–water partition coefficient (Wildman–Crippen LogP) is -1.49. The van der Waals surface area contributed by atoms with Gasteiger partial charge in [0, 0.05) is 0 Å². The third-order valence-corrected chi connectivity index (χ3v) is 1.38. The first-order valence-corrected chi connectivity index (χ1v) is 4.60. The standard InChI is InChI=1S/C9H16N2O5/c1-9(2,3)16-8(15)11-5(7(13)14)4-6(10)12/h5H,4H2,1-3H3,(H2,10,12)(H,11,15)(H,13,14)/p-1/t5-/m1/s1. The molecule has 0 radical (unpaired) electrons. The first-order chi connectivity index (χ1) is 7.11. The zero-order chi connectivity index (χ0) is 12.9. The van der Waals surface area contributed by atoms with Crippen molar-refractivity contribution < 1.29 is 24.2 Å². The maximum Gasteiger partial charge on any atom is 0.408 e. The minimum atomic E-state index is -1.59. The number of ether oxygens (including phenoxy) is 1. The maximum absolute atomic E-state index is 11.2. The van der Waals surface area contributed by atoms with E-state index in [1.807, 2.05) is 5.32 Å². The molecule has 0 aromatic carbocycles. The summed E-state index contributed by atoms with van der Waals surface area (Å²) >= 11 is 0. The van der Waals surface area contributed by atoms with Gasteiger partial charge >= 0.3 is 6.09 Å². The average molecular weight is 231 g/mol. The molecule has 0 rings (SSSR count). The van der Waals surface area contributed by atoms with Gasteiger partial charge in [-0.1, -0.05) is 0 Å². The third kappa shape index (κ3) is 6.63. The predicted molar refractivity (Wildman–Crippen MR) is 52.0 cm³/mol. The van der Waals surface area contributed by atoms with Gasteiger partial charge in [-0.15, -0.1) is 0 Å². The van der Waals surface area contributed by atoms with Crippen molar-refractivity contribution in [1.82, 2.24) is 5.32 Å². The Hall–Kier alpha value is -1.79. The lowest BCUT2D eigenvalue weighted by Gasteiger charge is -2.23. The molecule has 0 saturated heterocycles. The normalized spacial score (nSPS) is 12.7. The quantitative estimate of drug-likeness (QED) is 0.610. The first-order valence-electron chi connectivity index (χ1n) is 4.60. The Morgan fingerprint density at radius 2 is 1.88 bits per heavy atom. The van der Waals surface area contributed by atoms with Gasteiger partial charge in [-0.05, 0) is 20.8 Å². The number of alkyl carbamates (subject to hydrolysis) is 1. The number of carboxylic acids is 1. The van der Waals surface area contributed by atoms with E-state index in [1.165, 1.54) is 0 Å². The van der Waals surface area contributed by atoms with E-state index in [-0.39, 0.29) is 0 Å². The van der Waals surface area contributed by atoms with Crippen LogP contribution in [0.5, 0.6) is 0 Å². The van der Waals surface area contributed by atoms with E-state index in [0.717, 1.165) is 0 Å².